The number of aromatic nitrogens is 4. The molecule has 1 aliphatic heterocycles. The van der Waals surface area contributed by atoms with Crippen LogP contribution < -0.4 is 14.8 Å². The second-order valence-electron chi connectivity index (χ2n) is 8.82. The molecule has 6 rings (SSSR count). The maximum atomic E-state index is 11.8. The number of benzene rings is 3. The SMILES string of the molecule is Cn1c(COc2ccc(CC3SC(=O)NC3=O)cc2)nc2ccc(Oc3ccc(-n4ccnc4)cc3)cc21. The third-order valence-electron chi connectivity index (χ3n) is 6.30. The first-order valence-electron chi connectivity index (χ1n) is 12.0. The number of hydrogen-bond acceptors (Lipinski definition) is 7. The van der Waals surface area contributed by atoms with Gasteiger partial charge in [-0.05, 0) is 60.5 Å². The van der Waals surface area contributed by atoms with Crippen LogP contribution in [0.25, 0.3) is 16.7 Å². The molecule has 3 aromatic carbocycles. The summed E-state index contributed by atoms with van der Waals surface area (Å²) in [5.41, 5.74) is 3.76. The van der Waals surface area contributed by atoms with Gasteiger partial charge >= 0.3 is 0 Å². The van der Waals surface area contributed by atoms with Gasteiger partial charge in [-0.25, -0.2) is 9.97 Å². The van der Waals surface area contributed by atoms with Crippen LogP contribution in [-0.4, -0.2) is 35.5 Å². The van der Waals surface area contributed by atoms with E-state index in [9.17, 15) is 9.59 Å². The van der Waals surface area contributed by atoms with Crippen LogP contribution in [0.5, 0.6) is 17.2 Å². The highest BCUT2D eigenvalue weighted by atomic mass is 32.2. The summed E-state index contributed by atoms with van der Waals surface area (Å²) in [6.45, 7) is 0.297. The molecular formula is C28H23N5O4S. The number of nitrogens with zero attached hydrogens (tertiary/aromatic N) is 4. The third-order valence-corrected chi connectivity index (χ3v) is 7.28. The van der Waals surface area contributed by atoms with Gasteiger partial charge in [-0.15, -0.1) is 0 Å². The van der Waals surface area contributed by atoms with Crippen molar-refractivity contribution in [2.75, 3.05) is 0 Å². The molecule has 10 heteroatoms. The van der Waals surface area contributed by atoms with Crippen molar-refractivity contribution in [1.82, 2.24) is 24.4 Å². The van der Waals surface area contributed by atoms with E-state index in [1.54, 1.807) is 12.5 Å². The van der Waals surface area contributed by atoms with Crippen LogP contribution in [0.4, 0.5) is 4.79 Å². The van der Waals surface area contributed by atoms with Crippen molar-refractivity contribution < 1.29 is 19.1 Å². The first kappa shape index (κ1) is 23.8. The summed E-state index contributed by atoms with van der Waals surface area (Å²) in [6, 6.07) is 21.2. The Balaban J connectivity index is 1.10. The highest BCUT2D eigenvalue weighted by molar-refractivity contribution is 8.15. The first-order valence-corrected chi connectivity index (χ1v) is 12.8. The van der Waals surface area contributed by atoms with Crippen molar-refractivity contribution in [2.24, 2.45) is 7.05 Å². The molecule has 1 atom stereocenters. The Morgan fingerprint density at radius 2 is 1.74 bits per heavy atom. The smallest absolute Gasteiger partial charge is 0.286 e. The monoisotopic (exact) mass is 525 g/mol. The lowest BCUT2D eigenvalue weighted by atomic mass is 10.1. The van der Waals surface area contributed by atoms with Gasteiger partial charge in [0.1, 0.15) is 29.7 Å². The zero-order chi connectivity index (χ0) is 26.1. The summed E-state index contributed by atoms with van der Waals surface area (Å²) in [6.07, 6.45) is 5.88. The van der Waals surface area contributed by atoms with E-state index in [2.05, 4.69) is 10.3 Å². The van der Waals surface area contributed by atoms with E-state index < -0.39 is 0 Å². The summed E-state index contributed by atoms with van der Waals surface area (Å²) >= 11 is 1.03. The van der Waals surface area contributed by atoms with Crippen LogP contribution in [0.3, 0.4) is 0 Å². The van der Waals surface area contributed by atoms with Crippen molar-refractivity contribution in [3.8, 4) is 22.9 Å². The second-order valence-corrected chi connectivity index (χ2v) is 10.00. The Morgan fingerprint density at radius 3 is 2.45 bits per heavy atom. The fourth-order valence-electron chi connectivity index (χ4n) is 4.26. The molecule has 2 amide bonds. The van der Waals surface area contributed by atoms with Crippen molar-refractivity contribution in [3.05, 3.63) is 96.8 Å². The molecule has 0 aliphatic carbocycles. The topological polar surface area (TPSA) is 100 Å². The second kappa shape index (κ2) is 10.1. The lowest BCUT2D eigenvalue weighted by Crippen LogP contribution is -2.25. The Bertz CT molecular complexity index is 1610. The van der Waals surface area contributed by atoms with Crippen LogP contribution >= 0.6 is 11.8 Å². The van der Waals surface area contributed by atoms with Gasteiger partial charge in [0.2, 0.25) is 5.91 Å². The van der Waals surface area contributed by atoms with Crippen molar-refractivity contribution >= 4 is 33.9 Å². The molecule has 1 aliphatic rings. The fourth-order valence-corrected chi connectivity index (χ4v) is 5.12. The number of fused-ring (bicyclic) bond motifs is 1. The summed E-state index contributed by atoms with van der Waals surface area (Å²) < 4.78 is 16.0. The number of ether oxygens (including phenoxy) is 2. The number of rotatable bonds is 8. The Morgan fingerprint density at radius 1 is 0.974 bits per heavy atom. The van der Waals surface area contributed by atoms with E-state index in [4.69, 9.17) is 14.5 Å². The lowest BCUT2D eigenvalue weighted by molar-refractivity contribution is -0.118. The number of thioether (sulfide) groups is 1. The maximum absolute atomic E-state index is 11.8. The van der Waals surface area contributed by atoms with Crippen LogP contribution in [0, 0.1) is 0 Å². The predicted octanol–water partition coefficient (Wildman–Crippen LogP) is 5.02. The number of carbonyl (C=O) groups excluding carboxylic acids is 2. The van der Waals surface area contributed by atoms with Crippen LogP contribution in [0.15, 0.2) is 85.5 Å². The number of imidazole rings is 2. The zero-order valence-corrected chi connectivity index (χ0v) is 21.2. The van der Waals surface area contributed by atoms with E-state index in [1.165, 1.54) is 0 Å². The summed E-state index contributed by atoms with van der Waals surface area (Å²) in [4.78, 5) is 31.9. The van der Waals surface area contributed by atoms with Crippen LogP contribution in [0.2, 0.25) is 0 Å². The molecule has 190 valence electrons. The van der Waals surface area contributed by atoms with Crippen molar-refractivity contribution in [3.63, 3.8) is 0 Å². The molecule has 38 heavy (non-hydrogen) atoms. The largest absolute Gasteiger partial charge is 0.486 e. The standard InChI is InChI=1S/C28H23N5O4S/c1-32-24-15-22(37-21-8-4-19(5-9-21)33-13-12-29-17-33)10-11-23(24)30-26(32)16-36-20-6-2-18(3-7-20)14-25-27(34)31-28(35)38-25/h2-13,15,17,25H,14,16H2,1H3,(H,31,34,35). The Labute approximate surface area is 222 Å². The molecule has 0 bridgehead atoms. The van der Waals surface area contributed by atoms with Crippen molar-refractivity contribution in [2.45, 2.75) is 18.3 Å². The maximum Gasteiger partial charge on any atom is 0.286 e. The number of hydrogen-bond donors (Lipinski definition) is 1. The van der Waals surface area contributed by atoms with E-state index >= 15 is 0 Å². The average Bonchev–Trinajstić information content (AvgIpc) is 3.64. The minimum Gasteiger partial charge on any atom is -0.486 e. The van der Waals surface area contributed by atoms with Crippen LogP contribution in [0.1, 0.15) is 11.4 Å². The van der Waals surface area contributed by atoms with Gasteiger partial charge in [-0.1, -0.05) is 23.9 Å². The molecule has 0 spiro atoms. The molecule has 2 aromatic heterocycles. The minimum atomic E-state index is -0.384. The predicted molar refractivity (Wildman–Crippen MR) is 144 cm³/mol. The fraction of sp³-hybridized carbons (Fsp3) is 0.143. The minimum absolute atomic E-state index is 0.237. The quantitative estimate of drug-likeness (QED) is 0.303. The van der Waals surface area contributed by atoms with Crippen molar-refractivity contribution in [1.29, 1.82) is 0 Å². The van der Waals surface area contributed by atoms with Gasteiger partial charge in [0, 0.05) is 31.2 Å². The van der Waals surface area contributed by atoms with Gasteiger partial charge in [-0.2, -0.15) is 0 Å². The first-order chi connectivity index (χ1) is 18.5. The average molecular weight is 526 g/mol. The van der Waals surface area contributed by atoms with E-state index in [0.717, 1.165) is 51.4 Å². The van der Waals surface area contributed by atoms with E-state index in [0.29, 0.717) is 18.8 Å². The highest BCUT2D eigenvalue weighted by Gasteiger charge is 2.31. The Hall–Kier alpha value is -4.57. The van der Waals surface area contributed by atoms with Gasteiger partial charge in [0.15, 0.2) is 0 Å². The normalized spacial score (nSPS) is 15.1. The van der Waals surface area contributed by atoms with Gasteiger partial charge in [-0.3, -0.25) is 14.9 Å². The number of imide groups is 1. The third kappa shape index (κ3) is 4.98. The lowest BCUT2D eigenvalue weighted by Gasteiger charge is -2.09. The Kier molecular flexibility index (Phi) is 6.30. The summed E-state index contributed by atoms with van der Waals surface area (Å²) in [5, 5.41) is 1.64. The molecular weight excluding hydrogens is 502 g/mol. The number of nitrogens with one attached hydrogen (secondary N) is 1. The van der Waals surface area contributed by atoms with Gasteiger partial charge < -0.3 is 18.6 Å². The van der Waals surface area contributed by atoms with E-state index in [1.807, 2.05) is 89.1 Å². The number of carbonyl (C=O) groups is 2. The molecule has 5 aromatic rings. The molecule has 0 radical (unpaired) electrons. The highest BCUT2D eigenvalue weighted by Crippen LogP contribution is 2.28. The number of amides is 2. The van der Waals surface area contributed by atoms with Crippen LogP contribution in [-0.2, 0) is 24.9 Å². The molecule has 9 nitrogen and oxygen atoms in total. The molecule has 1 saturated heterocycles. The molecule has 1 fully saturated rings. The number of aryl methyl sites for hydroxylation is 1. The van der Waals surface area contributed by atoms with Gasteiger partial charge in [0.25, 0.3) is 5.24 Å². The van der Waals surface area contributed by atoms with E-state index in [-0.39, 0.29) is 16.4 Å². The molecule has 1 N–H and O–H groups in total. The summed E-state index contributed by atoms with van der Waals surface area (Å²) in [5.74, 6) is 2.70. The summed E-state index contributed by atoms with van der Waals surface area (Å²) in [7, 11) is 1.95. The molecule has 1 unspecified atom stereocenters. The zero-order valence-electron chi connectivity index (χ0n) is 20.4. The molecule has 0 saturated carbocycles. The van der Waals surface area contributed by atoms with Gasteiger partial charge in [0.05, 0.1) is 22.6 Å². The molecule has 3 heterocycles.